The number of hydrogen-bond donors (Lipinski definition) is 3. The topological polar surface area (TPSA) is 70.6 Å². The highest BCUT2D eigenvalue weighted by atomic mass is 16.5. The number of urea groups is 1. The van der Waals surface area contributed by atoms with E-state index >= 15 is 0 Å². The van der Waals surface area contributed by atoms with Gasteiger partial charge in [-0.1, -0.05) is 19.1 Å². The van der Waals surface area contributed by atoms with E-state index in [1.165, 1.54) is 0 Å². The lowest BCUT2D eigenvalue weighted by molar-refractivity contribution is 0.225. The first-order valence-electron chi connectivity index (χ1n) is 7.51. The Morgan fingerprint density at radius 3 is 2.71 bits per heavy atom. The summed E-state index contributed by atoms with van der Waals surface area (Å²) in [5, 5.41) is 14.7. The summed E-state index contributed by atoms with van der Waals surface area (Å²) in [4.78, 5) is 11.9. The van der Waals surface area contributed by atoms with Gasteiger partial charge in [-0.15, -0.1) is 0 Å². The Balaban J connectivity index is 2.57. The molecule has 2 amide bonds. The van der Waals surface area contributed by atoms with Gasteiger partial charge in [-0.05, 0) is 44.4 Å². The minimum Gasteiger partial charge on any atom is -0.494 e. The van der Waals surface area contributed by atoms with Crippen LogP contribution < -0.4 is 15.4 Å². The molecule has 1 aromatic rings. The van der Waals surface area contributed by atoms with Gasteiger partial charge in [0.1, 0.15) is 5.75 Å². The molecule has 0 saturated heterocycles. The first-order valence-corrected chi connectivity index (χ1v) is 7.51. The highest BCUT2D eigenvalue weighted by molar-refractivity contribution is 5.74. The van der Waals surface area contributed by atoms with Crippen molar-refractivity contribution in [1.29, 1.82) is 0 Å². The van der Waals surface area contributed by atoms with Gasteiger partial charge in [-0.2, -0.15) is 0 Å². The standard InChI is InChI=1S/C16H26N2O3/c1-4-14(9-10-19)18-16(20)17-12(3)13-7-6-8-15(11-13)21-5-2/h6-8,11-12,14,19H,4-5,9-10H2,1-3H3,(H2,17,18,20). The van der Waals surface area contributed by atoms with Gasteiger partial charge in [0.2, 0.25) is 0 Å². The number of hydrogen-bond acceptors (Lipinski definition) is 3. The van der Waals surface area contributed by atoms with Crippen LogP contribution in [0.25, 0.3) is 0 Å². The molecule has 2 unspecified atom stereocenters. The second kappa shape index (κ2) is 9.23. The second-order valence-electron chi connectivity index (χ2n) is 4.96. The van der Waals surface area contributed by atoms with Crippen LogP contribution >= 0.6 is 0 Å². The third kappa shape index (κ3) is 6.04. The van der Waals surface area contributed by atoms with Crippen molar-refractivity contribution in [2.24, 2.45) is 0 Å². The van der Waals surface area contributed by atoms with Crippen LogP contribution in [0.2, 0.25) is 0 Å². The Morgan fingerprint density at radius 1 is 1.33 bits per heavy atom. The zero-order chi connectivity index (χ0) is 15.7. The maximum Gasteiger partial charge on any atom is 0.315 e. The van der Waals surface area contributed by atoms with E-state index in [0.717, 1.165) is 17.7 Å². The summed E-state index contributed by atoms with van der Waals surface area (Å²) >= 11 is 0. The molecule has 5 nitrogen and oxygen atoms in total. The van der Waals surface area contributed by atoms with Crippen molar-refractivity contribution in [3.63, 3.8) is 0 Å². The minimum absolute atomic E-state index is 0.00282. The number of ether oxygens (including phenoxy) is 1. The third-order valence-electron chi connectivity index (χ3n) is 3.32. The largest absolute Gasteiger partial charge is 0.494 e. The molecule has 3 N–H and O–H groups in total. The van der Waals surface area contributed by atoms with Gasteiger partial charge < -0.3 is 20.5 Å². The normalized spacial score (nSPS) is 13.3. The second-order valence-corrected chi connectivity index (χ2v) is 4.96. The highest BCUT2D eigenvalue weighted by Gasteiger charge is 2.13. The Bertz CT molecular complexity index is 437. The highest BCUT2D eigenvalue weighted by Crippen LogP contribution is 2.19. The van der Waals surface area contributed by atoms with E-state index in [9.17, 15) is 4.79 Å². The lowest BCUT2D eigenvalue weighted by atomic mass is 10.1. The van der Waals surface area contributed by atoms with E-state index < -0.39 is 0 Å². The van der Waals surface area contributed by atoms with E-state index in [0.29, 0.717) is 13.0 Å². The Hall–Kier alpha value is -1.75. The van der Waals surface area contributed by atoms with Crippen LogP contribution in [0.15, 0.2) is 24.3 Å². The van der Waals surface area contributed by atoms with Crippen molar-refractivity contribution in [1.82, 2.24) is 10.6 Å². The Morgan fingerprint density at radius 2 is 2.10 bits per heavy atom. The van der Waals surface area contributed by atoms with Gasteiger partial charge in [0, 0.05) is 12.6 Å². The summed E-state index contributed by atoms with van der Waals surface area (Å²) in [6.45, 7) is 6.54. The predicted octanol–water partition coefficient (Wildman–Crippen LogP) is 2.61. The molecule has 0 aliphatic rings. The summed E-state index contributed by atoms with van der Waals surface area (Å²) in [6.07, 6.45) is 1.36. The lowest BCUT2D eigenvalue weighted by Crippen LogP contribution is -2.43. The van der Waals surface area contributed by atoms with Crippen molar-refractivity contribution in [2.75, 3.05) is 13.2 Å². The van der Waals surface area contributed by atoms with Gasteiger partial charge in [-0.3, -0.25) is 0 Å². The Labute approximate surface area is 126 Å². The molecule has 0 radical (unpaired) electrons. The van der Waals surface area contributed by atoms with E-state index in [-0.39, 0.29) is 24.7 Å². The fourth-order valence-corrected chi connectivity index (χ4v) is 2.08. The van der Waals surface area contributed by atoms with E-state index in [4.69, 9.17) is 9.84 Å². The molecule has 1 aromatic carbocycles. The molecule has 2 atom stereocenters. The van der Waals surface area contributed by atoms with Crippen LogP contribution in [0.4, 0.5) is 4.79 Å². The number of amides is 2. The van der Waals surface area contributed by atoms with E-state index in [1.807, 2.05) is 45.0 Å². The van der Waals surface area contributed by atoms with Crippen molar-refractivity contribution < 1.29 is 14.6 Å². The van der Waals surface area contributed by atoms with Crippen molar-refractivity contribution in [2.45, 2.75) is 45.7 Å². The third-order valence-corrected chi connectivity index (χ3v) is 3.32. The van der Waals surface area contributed by atoms with Crippen LogP contribution in [0.5, 0.6) is 5.75 Å². The van der Waals surface area contributed by atoms with Crippen molar-refractivity contribution in [3.05, 3.63) is 29.8 Å². The summed E-state index contributed by atoms with van der Waals surface area (Å²) < 4.78 is 5.46. The van der Waals surface area contributed by atoms with Gasteiger partial charge in [0.05, 0.1) is 12.6 Å². The molecule has 0 aromatic heterocycles. The molecule has 0 saturated carbocycles. The van der Waals surface area contributed by atoms with Gasteiger partial charge in [0.25, 0.3) is 0 Å². The first kappa shape index (κ1) is 17.3. The van der Waals surface area contributed by atoms with E-state index in [1.54, 1.807) is 0 Å². The molecule has 0 spiro atoms. The number of aliphatic hydroxyl groups excluding tert-OH is 1. The maximum absolute atomic E-state index is 11.9. The molecule has 1 rings (SSSR count). The van der Waals surface area contributed by atoms with Gasteiger partial charge in [-0.25, -0.2) is 4.79 Å². The van der Waals surface area contributed by atoms with Crippen LogP contribution in [-0.2, 0) is 0 Å². The minimum atomic E-state index is -0.218. The first-order chi connectivity index (χ1) is 10.1. The monoisotopic (exact) mass is 294 g/mol. The number of benzene rings is 1. The predicted molar refractivity (Wildman–Crippen MR) is 83.5 cm³/mol. The fourth-order valence-electron chi connectivity index (χ4n) is 2.08. The van der Waals surface area contributed by atoms with Gasteiger partial charge >= 0.3 is 6.03 Å². The average molecular weight is 294 g/mol. The molecular formula is C16H26N2O3. The van der Waals surface area contributed by atoms with Crippen molar-refractivity contribution in [3.8, 4) is 5.75 Å². The molecule has 21 heavy (non-hydrogen) atoms. The number of carbonyl (C=O) groups is 1. The number of carbonyl (C=O) groups excluding carboxylic acids is 1. The van der Waals surface area contributed by atoms with E-state index in [2.05, 4.69) is 10.6 Å². The fraction of sp³-hybridized carbons (Fsp3) is 0.562. The lowest BCUT2D eigenvalue weighted by Gasteiger charge is -2.20. The molecule has 0 aliphatic carbocycles. The molecule has 0 aliphatic heterocycles. The van der Waals surface area contributed by atoms with Crippen LogP contribution in [0, 0.1) is 0 Å². The molecule has 0 fully saturated rings. The number of rotatable bonds is 8. The molecule has 5 heteroatoms. The summed E-state index contributed by atoms with van der Waals surface area (Å²) in [5.74, 6) is 0.802. The summed E-state index contributed by atoms with van der Waals surface area (Å²) in [6, 6.07) is 7.36. The SMILES string of the molecule is CCOc1cccc(C(C)NC(=O)NC(CC)CCO)c1. The average Bonchev–Trinajstić information content (AvgIpc) is 2.47. The van der Waals surface area contributed by atoms with Gasteiger partial charge in [0.15, 0.2) is 0 Å². The molecule has 0 heterocycles. The van der Waals surface area contributed by atoms with Crippen molar-refractivity contribution >= 4 is 6.03 Å². The molecular weight excluding hydrogens is 268 g/mol. The van der Waals surface area contributed by atoms with Crippen LogP contribution in [0.1, 0.15) is 45.2 Å². The number of nitrogens with one attached hydrogen (secondary N) is 2. The molecule has 0 bridgehead atoms. The van der Waals surface area contributed by atoms with Crippen LogP contribution in [-0.4, -0.2) is 30.4 Å². The molecule has 118 valence electrons. The van der Waals surface area contributed by atoms with Crippen LogP contribution in [0.3, 0.4) is 0 Å². The quantitative estimate of drug-likeness (QED) is 0.690. The Kier molecular flexibility index (Phi) is 7.61. The zero-order valence-electron chi connectivity index (χ0n) is 13.1. The summed E-state index contributed by atoms with van der Waals surface area (Å²) in [5.41, 5.74) is 0.992. The maximum atomic E-state index is 11.9. The zero-order valence-corrected chi connectivity index (χ0v) is 13.1. The number of aliphatic hydroxyl groups is 1. The smallest absolute Gasteiger partial charge is 0.315 e. The summed E-state index contributed by atoms with van der Waals surface area (Å²) in [7, 11) is 0.